The minimum Gasteiger partial charge on any atom is -0.486 e. The topological polar surface area (TPSA) is 35.5 Å². The number of benzene rings is 1. The first-order chi connectivity index (χ1) is 8.52. The Morgan fingerprint density at radius 3 is 2.72 bits per heavy atom. The number of ether oxygens (including phenoxy) is 2. The molecule has 0 bridgehead atoms. The standard InChI is InChI=1S/C12H13BrF2O3/c1-2-17-12(16)6-8-3-4-10(9(13)5-8)18-7-11(14)15/h3-5,11H,2,6-7H2,1H3. The third-order valence-corrected chi connectivity index (χ3v) is 2.63. The molecule has 0 saturated carbocycles. The Bertz CT molecular complexity index is 410. The summed E-state index contributed by atoms with van der Waals surface area (Å²) in [6, 6.07) is 4.83. The molecule has 0 fully saturated rings. The highest BCUT2D eigenvalue weighted by Gasteiger charge is 2.09. The van der Waals surface area contributed by atoms with Crippen LogP contribution in [0.2, 0.25) is 0 Å². The van der Waals surface area contributed by atoms with Crippen LogP contribution in [0.25, 0.3) is 0 Å². The van der Waals surface area contributed by atoms with Crippen LogP contribution < -0.4 is 4.74 Å². The SMILES string of the molecule is CCOC(=O)Cc1ccc(OCC(F)F)c(Br)c1. The highest BCUT2D eigenvalue weighted by atomic mass is 79.9. The second-order valence-electron chi connectivity index (χ2n) is 3.45. The van der Waals surface area contributed by atoms with Gasteiger partial charge in [-0.15, -0.1) is 0 Å². The van der Waals surface area contributed by atoms with Gasteiger partial charge in [-0.05, 0) is 40.5 Å². The van der Waals surface area contributed by atoms with Gasteiger partial charge >= 0.3 is 5.97 Å². The predicted octanol–water partition coefficient (Wildman–Crippen LogP) is 3.20. The molecular formula is C12H13BrF2O3. The Morgan fingerprint density at radius 2 is 2.17 bits per heavy atom. The van der Waals surface area contributed by atoms with Gasteiger partial charge in [0.05, 0.1) is 17.5 Å². The largest absolute Gasteiger partial charge is 0.486 e. The van der Waals surface area contributed by atoms with E-state index in [1.54, 1.807) is 25.1 Å². The van der Waals surface area contributed by atoms with Crippen LogP contribution in [0.4, 0.5) is 8.78 Å². The number of hydrogen-bond acceptors (Lipinski definition) is 3. The van der Waals surface area contributed by atoms with E-state index in [9.17, 15) is 13.6 Å². The van der Waals surface area contributed by atoms with Gasteiger partial charge in [-0.3, -0.25) is 4.79 Å². The molecule has 0 aromatic heterocycles. The molecule has 0 aliphatic rings. The normalized spacial score (nSPS) is 10.5. The number of hydrogen-bond donors (Lipinski definition) is 0. The smallest absolute Gasteiger partial charge is 0.310 e. The van der Waals surface area contributed by atoms with E-state index < -0.39 is 13.0 Å². The number of esters is 1. The van der Waals surface area contributed by atoms with Crippen molar-refractivity contribution in [2.45, 2.75) is 19.8 Å². The summed E-state index contributed by atoms with van der Waals surface area (Å²) in [6.07, 6.45) is -2.38. The molecule has 0 aliphatic heterocycles. The molecule has 100 valence electrons. The summed E-state index contributed by atoms with van der Waals surface area (Å²) >= 11 is 3.20. The lowest BCUT2D eigenvalue weighted by Crippen LogP contribution is -2.09. The second kappa shape index (κ2) is 7.31. The van der Waals surface area contributed by atoms with Gasteiger partial charge in [0.1, 0.15) is 12.4 Å². The van der Waals surface area contributed by atoms with Crippen LogP contribution in [0.3, 0.4) is 0 Å². The second-order valence-corrected chi connectivity index (χ2v) is 4.30. The third kappa shape index (κ3) is 5.00. The zero-order valence-electron chi connectivity index (χ0n) is 9.79. The van der Waals surface area contributed by atoms with Gasteiger partial charge in [-0.1, -0.05) is 6.07 Å². The number of rotatable bonds is 6. The number of carbonyl (C=O) groups is 1. The first kappa shape index (κ1) is 14.9. The fourth-order valence-corrected chi connectivity index (χ4v) is 1.84. The van der Waals surface area contributed by atoms with Gasteiger partial charge in [0, 0.05) is 0 Å². The molecular weight excluding hydrogens is 310 g/mol. The van der Waals surface area contributed by atoms with Crippen LogP contribution in [-0.2, 0) is 16.0 Å². The zero-order chi connectivity index (χ0) is 13.5. The van der Waals surface area contributed by atoms with Crippen LogP contribution in [0.5, 0.6) is 5.75 Å². The van der Waals surface area contributed by atoms with Crippen LogP contribution in [0.15, 0.2) is 22.7 Å². The maximum Gasteiger partial charge on any atom is 0.310 e. The molecule has 0 N–H and O–H groups in total. The predicted molar refractivity (Wildman–Crippen MR) is 66.0 cm³/mol. The van der Waals surface area contributed by atoms with Crippen LogP contribution >= 0.6 is 15.9 Å². The molecule has 18 heavy (non-hydrogen) atoms. The maximum atomic E-state index is 12.0. The third-order valence-electron chi connectivity index (χ3n) is 2.01. The van der Waals surface area contributed by atoms with E-state index in [1.807, 2.05) is 0 Å². The Morgan fingerprint density at radius 1 is 1.44 bits per heavy atom. The molecule has 0 unspecified atom stereocenters. The summed E-state index contributed by atoms with van der Waals surface area (Å²) in [7, 11) is 0. The summed E-state index contributed by atoms with van der Waals surface area (Å²) in [5.74, 6) is -0.00597. The lowest BCUT2D eigenvalue weighted by atomic mass is 10.1. The lowest BCUT2D eigenvalue weighted by Gasteiger charge is -2.09. The fraction of sp³-hybridized carbons (Fsp3) is 0.417. The zero-order valence-corrected chi connectivity index (χ0v) is 11.4. The van der Waals surface area contributed by atoms with Gasteiger partial charge in [-0.2, -0.15) is 0 Å². The highest BCUT2D eigenvalue weighted by Crippen LogP contribution is 2.26. The number of carbonyl (C=O) groups excluding carboxylic acids is 1. The monoisotopic (exact) mass is 322 g/mol. The van der Waals surface area contributed by atoms with Crippen molar-refractivity contribution in [1.82, 2.24) is 0 Å². The first-order valence-corrected chi connectivity index (χ1v) is 6.17. The van der Waals surface area contributed by atoms with Crippen molar-refractivity contribution >= 4 is 21.9 Å². The molecule has 0 spiro atoms. The lowest BCUT2D eigenvalue weighted by molar-refractivity contribution is -0.142. The molecule has 0 amide bonds. The van der Waals surface area contributed by atoms with Crippen molar-refractivity contribution in [3.63, 3.8) is 0 Å². The summed E-state index contributed by atoms with van der Waals surface area (Å²) in [6.45, 7) is 1.40. The fourth-order valence-electron chi connectivity index (χ4n) is 1.30. The minimum atomic E-state index is -2.52. The van der Waals surface area contributed by atoms with Crippen molar-refractivity contribution < 1.29 is 23.0 Å². The van der Waals surface area contributed by atoms with Crippen LogP contribution in [0, 0.1) is 0 Å². The first-order valence-electron chi connectivity index (χ1n) is 5.38. The van der Waals surface area contributed by atoms with Crippen molar-refractivity contribution in [3.05, 3.63) is 28.2 Å². The molecule has 6 heteroatoms. The maximum absolute atomic E-state index is 12.0. The molecule has 3 nitrogen and oxygen atoms in total. The number of alkyl halides is 2. The van der Waals surface area contributed by atoms with Crippen LogP contribution in [-0.4, -0.2) is 25.6 Å². The number of halogens is 3. The van der Waals surface area contributed by atoms with Crippen molar-refractivity contribution in [3.8, 4) is 5.75 Å². The molecule has 0 atom stereocenters. The average molecular weight is 323 g/mol. The Kier molecular flexibility index (Phi) is 6.04. The molecule has 0 heterocycles. The Labute approximate surface area is 112 Å². The Balaban J connectivity index is 2.64. The molecule has 0 radical (unpaired) electrons. The average Bonchev–Trinajstić information content (AvgIpc) is 2.28. The summed E-state index contributed by atoms with van der Waals surface area (Å²) in [4.78, 5) is 11.3. The quantitative estimate of drug-likeness (QED) is 0.754. The van der Waals surface area contributed by atoms with E-state index in [-0.39, 0.29) is 12.4 Å². The Hall–Kier alpha value is -1.17. The van der Waals surface area contributed by atoms with E-state index in [4.69, 9.17) is 9.47 Å². The molecule has 0 aliphatic carbocycles. The highest BCUT2D eigenvalue weighted by molar-refractivity contribution is 9.10. The van der Waals surface area contributed by atoms with E-state index in [2.05, 4.69) is 15.9 Å². The molecule has 1 rings (SSSR count). The molecule has 1 aromatic rings. The van der Waals surface area contributed by atoms with Gasteiger partial charge in [0.2, 0.25) is 0 Å². The summed E-state index contributed by atoms with van der Waals surface area (Å²) < 4.78 is 34.2. The van der Waals surface area contributed by atoms with Gasteiger partial charge in [0.15, 0.2) is 0 Å². The minimum absolute atomic E-state index is 0.140. The van der Waals surface area contributed by atoms with Gasteiger partial charge in [-0.25, -0.2) is 8.78 Å². The van der Waals surface area contributed by atoms with Crippen molar-refractivity contribution in [1.29, 1.82) is 0 Å². The summed E-state index contributed by atoms with van der Waals surface area (Å²) in [5.41, 5.74) is 0.727. The van der Waals surface area contributed by atoms with Crippen molar-refractivity contribution in [2.75, 3.05) is 13.2 Å². The van der Waals surface area contributed by atoms with Gasteiger partial charge in [0.25, 0.3) is 6.43 Å². The molecule has 1 aromatic carbocycles. The van der Waals surface area contributed by atoms with E-state index in [0.29, 0.717) is 16.8 Å². The summed E-state index contributed by atoms with van der Waals surface area (Å²) in [5, 5.41) is 0. The van der Waals surface area contributed by atoms with Crippen molar-refractivity contribution in [2.24, 2.45) is 0 Å². The van der Waals surface area contributed by atoms with Crippen LogP contribution in [0.1, 0.15) is 12.5 Å². The van der Waals surface area contributed by atoms with E-state index >= 15 is 0 Å². The van der Waals surface area contributed by atoms with E-state index in [0.717, 1.165) is 5.56 Å². The van der Waals surface area contributed by atoms with E-state index in [1.165, 1.54) is 0 Å². The molecule has 0 saturated heterocycles. The van der Waals surface area contributed by atoms with Gasteiger partial charge < -0.3 is 9.47 Å².